The van der Waals surface area contributed by atoms with Gasteiger partial charge < -0.3 is 15.4 Å². The number of ether oxygens (including phenoxy) is 1. The first-order chi connectivity index (χ1) is 9.71. The zero-order valence-electron chi connectivity index (χ0n) is 11.5. The Morgan fingerprint density at radius 3 is 2.65 bits per heavy atom. The summed E-state index contributed by atoms with van der Waals surface area (Å²) in [6, 6.07) is 11.8. The van der Waals surface area contributed by atoms with E-state index >= 15 is 0 Å². The Morgan fingerprint density at radius 1 is 1.20 bits per heavy atom. The fourth-order valence-corrected chi connectivity index (χ4v) is 1.97. The molecule has 0 bridgehead atoms. The molecule has 0 saturated carbocycles. The average Bonchev–Trinajstić information content (AvgIpc) is 2.48. The highest BCUT2D eigenvalue weighted by Gasteiger charge is 2.00. The second-order valence-electron chi connectivity index (χ2n) is 4.22. The molecule has 0 fully saturated rings. The normalized spacial score (nSPS) is 9.90. The summed E-state index contributed by atoms with van der Waals surface area (Å²) in [5.74, 6) is 0.574. The van der Waals surface area contributed by atoms with Gasteiger partial charge in [-0.25, -0.2) is 4.98 Å². The van der Waals surface area contributed by atoms with E-state index in [0.717, 1.165) is 17.8 Å². The summed E-state index contributed by atoms with van der Waals surface area (Å²) in [4.78, 5) is 4.11. The third-order valence-electron chi connectivity index (χ3n) is 2.80. The summed E-state index contributed by atoms with van der Waals surface area (Å²) < 4.78 is 5.01. The predicted octanol–water partition coefficient (Wildman–Crippen LogP) is 3.46. The number of aromatic nitrogens is 1. The molecule has 4 nitrogen and oxygen atoms in total. The van der Waals surface area contributed by atoms with E-state index in [1.807, 2.05) is 18.2 Å². The number of nitrogens with one attached hydrogen (secondary N) is 2. The van der Waals surface area contributed by atoms with E-state index in [1.165, 1.54) is 5.56 Å². The molecule has 0 atom stereocenters. The van der Waals surface area contributed by atoms with Crippen molar-refractivity contribution in [3.05, 3.63) is 48.2 Å². The zero-order valence-corrected chi connectivity index (χ0v) is 12.3. The topological polar surface area (TPSA) is 46.2 Å². The molecule has 104 valence electrons. The van der Waals surface area contributed by atoms with Crippen molar-refractivity contribution in [2.75, 3.05) is 17.7 Å². The van der Waals surface area contributed by atoms with Crippen LogP contribution in [-0.4, -0.2) is 17.2 Å². The molecule has 0 saturated heterocycles. The van der Waals surface area contributed by atoms with Crippen molar-refractivity contribution in [2.24, 2.45) is 0 Å². The molecule has 2 N–H and O–H groups in total. The van der Waals surface area contributed by atoms with Crippen molar-refractivity contribution >= 4 is 28.7 Å². The monoisotopic (exact) mass is 287 g/mol. The quantitative estimate of drug-likeness (QED) is 0.843. The molecule has 1 heterocycles. The lowest BCUT2D eigenvalue weighted by Gasteiger charge is -2.11. The number of methoxy groups -OCH3 is 1. The fourth-order valence-electron chi connectivity index (χ4n) is 1.74. The van der Waals surface area contributed by atoms with Crippen molar-refractivity contribution in [2.45, 2.75) is 13.3 Å². The van der Waals surface area contributed by atoms with Gasteiger partial charge in [-0.3, -0.25) is 0 Å². The lowest BCUT2D eigenvalue weighted by molar-refractivity contribution is 0.398. The maximum absolute atomic E-state index is 5.28. The van der Waals surface area contributed by atoms with Gasteiger partial charge in [0, 0.05) is 11.8 Å². The van der Waals surface area contributed by atoms with Crippen LogP contribution in [0, 0.1) is 0 Å². The Bertz CT molecular complexity index is 584. The summed E-state index contributed by atoms with van der Waals surface area (Å²) in [5.41, 5.74) is 3.06. The molecule has 0 unspecified atom stereocenters. The number of hydrogen-bond acceptors (Lipinski definition) is 3. The number of anilines is 2. The Balaban J connectivity index is 1.97. The van der Waals surface area contributed by atoms with Gasteiger partial charge in [0.1, 0.15) is 0 Å². The number of pyridine rings is 1. The average molecular weight is 287 g/mol. The largest absolute Gasteiger partial charge is 0.481 e. The van der Waals surface area contributed by atoms with Crippen molar-refractivity contribution in [3.8, 4) is 5.88 Å². The molecule has 0 radical (unpaired) electrons. The van der Waals surface area contributed by atoms with E-state index in [9.17, 15) is 0 Å². The summed E-state index contributed by atoms with van der Waals surface area (Å²) in [6.45, 7) is 2.12. The van der Waals surface area contributed by atoms with Crippen LogP contribution >= 0.6 is 12.2 Å². The van der Waals surface area contributed by atoms with Crippen LogP contribution in [0.5, 0.6) is 5.88 Å². The van der Waals surface area contributed by atoms with Crippen LogP contribution < -0.4 is 15.4 Å². The first kappa shape index (κ1) is 14.3. The summed E-state index contributed by atoms with van der Waals surface area (Å²) in [7, 11) is 1.59. The minimum Gasteiger partial charge on any atom is -0.481 e. The lowest BCUT2D eigenvalue weighted by atomic mass is 10.1. The molecular weight excluding hydrogens is 270 g/mol. The number of hydrogen-bond donors (Lipinski definition) is 2. The highest BCUT2D eigenvalue weighted by molar-refractivity contribution is 7.80. The van der Waals surface area contributed by atoms with Crippen LogP contribution in [-0.2, 0) is 6.42 Å². The third-order valence-corrected chi connectivity index (χ3v) is 3.00. The van der Waals surface area contributed by atoms with E-state index in [1.54, 1.807) is 19.4 Å². The van der Waals surface area contributed by atoms with Crippen LogP contribution in [0.15, 0.2) is 42.6 Å². The standard InChI is InChI=1S/C15H17N3OS/c1-3-11-5-4-6-12(9-11)17-15(20)18-13-7-8-14(19-2)16-10-13/h4-10H,3H2,1-2H3,(H2,17,18,20). The molecule has 2 rings (SSSR count). The zero-order chi connectivity index (χ0) is 14.4. The molecule has 0 aliphatic carbocycles. The van der Waals surface area contributed by atoms with E-state index in [4.69, 9.17) is 17.0 Å². The van der Waals surface area contributed by atoms with E-state index in [2.05, 4.69) is 34.7 Å². The van der Waals surface area contributed by atoms with Crippen molar-refractivity contribution in [1.82, 2.24) is 4.98 Å². The molecule has 0 spiro atoms. The highest BCUT2D eigenvalue weighted by Crippen LogP contribution is 2.14. The van der Waals surface area contributed by atoms with Gasteiger partial charge in [-0.1, -0.05) is 19.1 Å². The number of thiocarbonyl (C=S) groups is 1. The molecular formula is C15H17N3OS. The SMILES string of the molecule is CCc1cccc(NC(=S)Nc2ccc(OC)nc2)c1. The second kappa shape index (κ2) is 6.86. The van der Waals surface area contributed by atoms with E-state index in [-0.39, 0.29) is 0 Å². The van der Waals surface area contributed by atoms with Crippen molar-refractivity contribution in [3.63, 3.8) is 0 Å². The van der Waals surface area contributed by atoms with E-state index in [0.29, 0.717) is 11.0 Å². The van der Waals surface area contributed by atoms with Gasteiger partial charge in [-0.05, 0) is 42.4 Å². The first-order valence-corrected chi connectivity index (χ1v) is 6.79. The fraction of sp³-hybridized carbons (Fsp3) is 0.200. The smallest absolute Gasteiger partial charge is 0.213 e. The molecule has 0 aliphatic rings. The Morgan fingerprint density at radius 2 is 2.00 bits per heavy atom. The second-order valence-corrected chi connectivity index (χ2v) is 4.63. The molecule has 5 heteroatoms. The van der Waals surface area contributed by atoms with E-state index < -0.39 is 0 Å². The van der Waals surface area contributed by atoms with Crippen LogP contribution in [0.2, 0.25) is 0 Å². The summed E-state index contributed by atoms with van der Waals surface area (Å²) >= 11 is 5.28. The Labute approximate surface area is 124 Å². The van der Waals surface area contributed by atoms with Gasteiger partial charge in [0.15, 0.2) is 5.11 Å². The third kappa shape index (κ3) is 3.93. The summed E-state index contributed by atoms with van der Waals surface area (Å²) in [6.07, 6.45) is 2.67. The number of rotatable bonds is 4. The lowest BCUT2D eigenvalue weighted by Crippen LogP contribution is -2.19. The van der Waals surface area contributed by atoms with Crippen LogP contribution in [0.1, 0.15) is 12.5 Å². The number of aryl methyl sites for hydroxylation is 1. The van der Waals surface area contributed by atoms with Gasteiger partial charge in [-0.2, -0.15) is 0 Å². The molecule has 20 heavy (non-hydrogen) atoms. The number of nitrogens with zero attached hydrogens (tertiary/aromatic N) is 1. The molecule has 1 aromatic carbocycles. The molecule has 1 aromatic heterocycles. The van der Waals surface area contributed by atoms with Gasteiger partial charge in [-0.15, -0.1) is 0 Å². The molecule has 2 aromatic rings. The van der Waals surface area contributed by atoms with Crippen LogP contribution in [0.4, 0.5) is 11.4 Å². The maximum atomic E-state index is 5.28. The van der Waals surface area contributed by atoms with Gasteiger partial charge in [0.2, 0.25) is 5.88 Å². The van der Waals surface area contributed by atoms with Crippen LogP contribution in [0.3, 0.4) is 0 Å². The summed E-state index contributed by atoms with van der Waals surface area (Å²) in [5, 5.41) is 6.77. The Hall–Kier alpha value is -2.14. The van der Waals surface area contributed by atoms with Gasteiger partial charge >= 0.3 is 0 Å². The molecule has 0 aliphatic heterocycles. The minimum atomic E-state index is 0.533. The first-order valence-electron chi connectivity index (χ1n) is 6.38. The van der Waals surface area contributed by atoms with Crippen molar-refractivity contribution < 1.29 is 4.74 Å². The van der Waals surface area contributed by atoms with Gasteiger partial charge in [0.25, 0.3) is 0 Å². The van der Waals surface area contributed by atoms with Crippen LogP contribution in [0.25, 0.3) is 0 Å². The van der Waals surface area contributed by atoms with Gasteiger partial charge in [0.05, 0.1) is 19.0 Å². The molecule has 0 amide bonds. The maximum Gasteiger partial charge on any atom is 0.213 e. The predicted molar refractivity (Wildman–Crippen MR) is 86.5 cm³/mol. The Kier molecular flexibility index (Phi) is 4.90. The van der Waals surface area contributed by atoms with Crippen molar-refractivity contribution in [1.29, 1.82) is 0 Å². The minimum absolute atomic E-state index is 0.533. The number of benzene rings is 1. The highest BCUT2D eigenvalue weighted by atomic mass is 32.1.